The van der Waals surface area contributed by atoms with E-state index in [4.69, 9.17) is 0 Å². The van der Waals surface area contributed by atoms with E-state index in [0.717, 1.165) is 25.6 Å². The SMILES string of the molecule is CCC(C)CN(CC)CC(C)(C)CO. The first-order valence-corrected chi connectivity index (χ1v) is 5.78. The molecule has 0 aromatic rings. The minimum atomic E-state index is 0.0312. The molecule has 0 saturated heterocycles. The van der Waals surface area contributed by atoms with Gasteiger partial charge in [0.05, 0.1) is 0 Å². The van der Waals surface area contributed by atoms with Gasteiger partial charge in [-0.15, -0.1) is 0 Å². The second kappa shape index (κ2) is 6.41. The van der Waals surface area contributed by atoms with Crippen LogP contribution in [0, 0.1) is 11.3 Å². The molecule has 1 atom stereocenters. The van der Waals surface area contributed by atoms with Gasteiger partial charge in [-0.3, -0.25) is 0 Å². The first-order chi connectivity index (χ1) is 6.45. The van der Waals surface area contributed by atoms with Crippen LogP contribution < -0.4 is 0 Å². The van der Waals surface area contributed by atoms with Gasteiger partial charge in [0.1, 0.15) is 0 Å². The molecular formula is C12H27NO. The van der Waals surface area contributed by atoms with E-state index < -0.39 is 0 Å². The van der Waals surface area contributed by atoms with Crippen molar-refractivity contribution in [3.05, 3.63) is 0 Å². The van der Waals surface area contributed by atoms with E-state index >= 15 is 0 Å². The third-order valence-electron chi connectivity index (χ3n) is 2.79. The van der Waals surface area contributed by atoms with Gasteiger partial charge < -0.3 is 10.0 Å². The van der Waals surface area contributed by atoms with Crippen LogP contribution in [0.2, 0.25) is 0 Å². The standard InChI is InChI=1S/C12H27NO/c1-6-11(3)8-13(7-2)9-12(4,5)10-14/h11,14H,6-10H2,1-5H3. The van der Waals surface area contributed by atoms with Gasteiger partial charge in [-0.25, -0.2) is 0 Å². The Morgan fingerprint density at radius 3 is 2.21 bits per heavy atom. The van der Waals surface area contributed by atoms with Crippen molar-refractivity contribution in [2.45, 2.75) is 41.0 Å². The summed E-state index contributed by atoms with van der Waals surface area (Å²) in [6, 6.07) is 0. The van der Waals surface area contributed by atoms with Gasteiger partial charge in [0, 0.05) is 25.1 Å². The molecule has 0 amide bonds. The van der Waals surface area contributed by atoms with E-state index in [0.29, 0.717) is 0 Å². The van der Waals surface area contributed by atoms with Gasteiger partial charge >= 0.3 is 0 Å². The highest BCUT2D eigenvalue weighted by atomic mass is 16.3. The number of aliphatic hydroxyl groups is 1. The van der Waals surface area contributed by atoms with Crippen LogP contribution in [0.3, 0.4) is 0 Å². The van der Waals surface area contributed by atoms with Gasteiger partial charge in [-0.1, -0.05) is 41.0 Å². The molecule has 0 heterocycles. The highest BCUT2D eigenvalue weighted by Crippen LogP contribution is 2.17. The van der Waals surface area contributed by atoms with Crippen molar-refractivity contribution in [2.24, 2.45) is 11.3 Å². The molecule has 0 fully saturated rings. The molecule has 0 aromatic heterocycles. The summed E-state index contributed by atoms with van der Waals surface area (Å²) < 4.78 is 0. The molecule has 0 aromatic carbocycles. The summed E-state index contributed by atoms with van der Waals surface area (Å²) in [5.41, 5.74) is 0.0312. The second-order valence-electron chi connectivity index (χ2n) is 5.16. The fourth-order valence-electron chi connectivity index (χ4n) is 1.53. The van der Waals surface area contributed by atoms with E-state index in [2.05, 4.69) is 39.5 Å². The van der Waals surface area contributed by atoms with Crippen molar-refractivity contribution >= 4 is 0 Å². The third-order valence-corrected chi connectivity index (χ3v) is 2.79. The Hall–Kier alpha value is -0.0800. The molecule has 0 aliphatic heterocycles. The fraction of sp³-hybridized carbons (Fsp3) is 1.00. The fourth-order valence-corrected chi connectivity index (χ4v) is 1.53. The summed E-state index contributed by atoms with van der Waals surface area (Å²) in [5, 5.41) is 9.20. The summed E-state index contributed by atoms with van der Waals surface area (Å²) in [4.78, 5) is 2.43. The smallest absolute Gasteiger partial charge is 0.0494 e. The van der Waals surface area contributed by atoms with Gasteiger partial charge in [0.15, 0.2) is 0 Å². The molecular weight excluding hydrogens is 174 g/mol. The molecule has 0 radical (unpaired) electrons. The third kappa shape index (κ3) is 5.61. The van der Waals surface area contributed by atoms with E-state index in [1.165, 1.54) is 6.42 Å². The van der Waals surface area contributed by atoms with Gasteiger partial charge in [0.2, 0.25) is 0 Å². The quantitative estimate of drug-likeness (QED) is 0.683. The molecule has 0 aliphatic carbocycles. The van der Waals surface area contributed by atoms with Gasteiger partial charge in [0.25, 0.3) is 0 Å². The largest absolute Gasteiger partial charge is 0.396 e. The van der Waals surface area contributed by atoms with E-state index in [-0.39, 0.29) is 12.0 Å². The number of hydrogen-bond acceptors (Lipinski definition) is 2. The summed E-state index contributed by atoms with van der Waals surface area (Å²) in [6.07, 6.45) is 1.23. The van der Waals surface area contributed by atoms with Crippen LogP contribution in [0.15, 0.2) is 0 Å². The van der Waals surface area contributed by atoms with Crippen molar-refractivity contribution in [2.75, 3.05) is 26.2 Å². The first kappa shape index (κ1) is 13.9. The molecule has 1 unspecified atom stereocenters. The lowest BCUT2D eigenvalue weighted by atomic mass is 9.93. The van der Waals surface area contributed by atoms with Crippen LogP contribution in [0.25, 0.3) is 0 Å². The Bertz CT molecular complexity index is 145. The molecule has 0 rings (SSSR count). The Morgan fingerprint density at radius 1 is 1.29 bits per heavy atom. The zero-order valence-corrected chi connectivity index (χ0v) is 10.5. The Morgan fingerprint density at radius 2 is 1.86 bits per heavy atom. The van der Waals surface area contributed by atoms with Gasteiger partial charge in [-0.05, 0) is 12.5 Å². The maximum atomic E-state index is 9.20. The molecule has 86 valence electrons. The maximum Gasteiger partial charge on any atom is 0.0494 e. The predicted molar refractivity (Wildman–Crippen MR) is 62.4 cm³/mol. The number of nitrogens with zero attached hydrogens (tertiary/aromatic N) is 1. The highest BCUT2D eigenvalue weighted by Gasteiger charge is 2.20. The minimum absolute atomic E-state index is 0.0312. The average molecular weight is 201 g/mol. The lowest BCUT2D eigenvalue weighted by molar-refractivity contribution is 0.0976. The molecule has 0 aliphatic rings. The van der Waals surface area contributed by atoms with Crippen molar-refractivity contribution in [3.63, 3.8) is 0 Å². The molecule has 14 heavy (non-hydrogen) atoms. The number of aliphatic hydroxyl groups excluding tert-OH is 1. The molecule has 1 N–H and O–H groups in total. The van der Waals surface area contributed by atoms with Gasteiger partial charge in [-0.2, -0.15) is 0 Å². The zero-order chi connectivity index (χ0) is 11.2. The maximum absolute atomic E-state index is 9.20. The van der Waals surface area contributed by atoms with Crippen LogP contribution in [-0.2, 0) is 0 Å². The zero-order valence-electron chi connectivity index (χ0n) is 10.5. The van der Waals surface area contributed by atoms with Crippen LogP contribution in [0.5, 0.6) is 0 Å². The minimum Gasteiger partial charge on any atom is -0.396 e. The second-order valence-corrected chi connectivity index (χ2v) is 5.16. The topological polar surface area (TPSA) is 23.5 Å². The normalized spacial score (nSPS) is 14.8. The molecule has 0 saturated carbocycles. The van der Waals surface area contributed by atoms with Crippen molar-refractivity contribution in [1.82, 2.24) is 4.90 Å². The van der Waals surface area contributed by atoms with Crippen LogP contribution >= 0.6 is 0 Å². The molecule has 0 bridgehead atoms. The molecule has 0 spiro atoms. The van der Waals surface area contributed by atoms with E-state index in [1.54, 1.807) is 0 Å². The van der Waals surface area contributed by atoms with Crippen molar-refractivity contribution in [3.8, 4) is 0 Å². The Kier molecular flexibility index (Phi) is 6.38. The summed E-state index contributed by atoms with van der Waals surface area (Å²) >= 11 is 0. The number of rotatable bonds is 7. The summed E-state index contributed by atoms with van der Waals surface area (Å²) in [6.45, 7) is 14.4. The van der Waals surface area contributed by atoms with Crippen LogP contribution in [-0.4, -0.2) is 36.2 Å². The molecule has 2 nitrogen and oxygen atoms in total. The van der Waals surface area contributed by atoms with E-state index in [9.17, 15) is 5.11 Å². The number of hydrogen-bond donors (Lipinski definition) is 1. The molecule has 2 heteroatoms. The Balaban J connectivity index is 4.02. The lowest BCUT2D eigenvalue weighted by Crippen LogP contribution is -2.38. The first-order valence-electron chi connectivity index (χ1n) is 5.78. The van der Waals surface area contributed by atoms with Crippen LogP contribution in [0.4, 0.5) is 0 Å². The Labute approximate surface area is 89.3 Å². The van der Waals surface area contributed by atoms with Crippen molar-refractivity contribution in [1.29, 1.82) is 0 Å². The lowest BCUT2D eigenvalue weighted by Gasteiger charge is -2.32. The van der Waals surface area contributed by atoms with Crippen molar-refractivity contribution < 1.29 is 5.11 Å². The van der Waals surface area contributed by atoms with Crippen LogP contribution in [0.1, 0.15) is 41.0 Å². The summed E-state index contributed by atoms with van der Waals surface area (Å²) in [5.74, 6) is 0.754. The summed E-state index contributed by atoms with van der Waals surface area (Å²) in [7, 11) is 0. The predicted octanol–water partition coefficient (Wildman–Crippen LogP) is 2.37. The van der Waals surface area contributed by atoms with E-state index in [1.807, 2.05) is 0 Å². The highest BCUT2D eigenvalue weighted by molar-refractivity contribution is 4.73. The monoisotopic (exact) mass is 201 g/mol. The average Bonchev–Trinajstić information content (AvgIpc) is 2.16.